The standard InChI is InChI=1S/C15H22N2O3S/c1-12-7-8-14(13(10-12)6-5-9-16)21(18,19)17-15(2,3)11-20-4/h7-8,10,17H,9,11,16H2,1-4H3. The van der Waals surface area contributed by atoms with Crippen molar-refractivity contribution in [1.82, 2.24) is 4.72 Å². The van der Waals surface area contributed by atoms with Crippen LogP contribution in [-0.2, 0) is 14.8 Å². The largest absolute Gasteiger partial charge is 0.383 e. The Labute approximate surface area is 126 Å². The van der Waals surface area contributed by atoms with Crippen LogP contribution < -0.4 is 10.5 Å². The number of aryl methyl sites for hydroxylation is 1. The molecule has 1 aromatic rings. The van der Waals surface area contributed by atoms with Crippen LogP contribution >= 0.6 is 0 Å². The highest BCUT2D eigenvalue weighted by molar-refractivity contribution is 7.89. The number of rotatable bonds is 5. The van der Waals surface area contributed by atoms with Crippen LogP contribution in [0, 0.1) is 18.8 Å². The Morgan fingerprint density at radius 2 is 2.05 bits per heavy atom. The third-order valence-electron chi connectivity index (χ3n) is 2.67. The highest BCUT2D eigenvalue weighted by atomic mass is 32.2. The van der Waals surface area contributed by atoms with Gasteiger partial charge < -0.3 is 10.5 Å². The number of benzene rings is 1. The van der Waals surface area contributed by atoms with E-state index in [-0.39, 0.29) is 18.0 Å². The summed E-state index contributed by atoms with van der Waals surface area (Å²) in [5.41, 5.74) is 6.03. The summed E-state index contributed by atoms with van der Waals surface area (Å²) in [4.78, 5) is 0.151. The van der Waals surface area contributed by atoms with Gasteiger partial charge in [0, 0.05) is 12.7 Å². The molecule has 3 N–H and O–H groups in total. The summed E-state index contributed by atoms with van der Waals surface area (Å²) < 4.78 is 32.8. The molecule has 1 aromatic carbocycles. The maximum atomic E-state index is 12.6. The summed E-state index contributed by atoms with van der Waals surface area (Å²) in [5.74, 6) is 5.51. The first-order chi connectivity index (χ1) is 9.72. The quantitative estimate of drug-likeness (QED) is 0.795. The second-order valence-corrected chi connectivity index (χ2v) is 7.08. The van der Waals surface area contributed by atoms with Crippen molar-refractivity contribution in [2.45, 2.75) is 31.2 Å². The van der Waals surface area contributed by atoms with Gasteiger partial charge in [-0.1, -0.05) is 17.9 Å². The molecule has 0 saturated heterocycles. The first kappa shape index (κ1) is 17.7. The van der Waals surface area contributed by atoms with Crippen molar-refractivity contribution in [1.29, 1.82) is 0 Å². The minimum atomic E-state index is -3.69. The zero-order valence-corrected chi connectivity index (χ0v) is 13.7. The van der Waals surface area contributed by atoms with Crippen molar-refractivity contribution in [3.05, 3.63) is 29.3 Å². The molecule has 0 saturated carbocycles. The molecule has 0 aliphatic rings. The van der Waals surface area contributed by atoms with Gasteiger partial charge in [0.25, 0.3) is 0 Å². The summed E-state index contributed by atoms with van der Waals surface area (Å²) >= 11 is 0. The van der Waals surface area contributed by atoms with Crippen LogP contribution in [0.4, 0.5) is 0 Å². The van der Waals surface area contributed by atoms with Gasteiger partial charge in [-0.25, -0.2) is 13.1 Å². The number of hydrogen-bond donors (Lipinski definition) is 2. The number of ether oxygens (including phenoxy) is 1. The van der Waals surface area contributed by atoms with E-state index >= 15 is 0 Å². The molecule has 0 unspecified atom stereocenters. The van der Waals surface area contributed by atoms with E-state index in [4.69, 9.17) is 10.5 Å². The van der Waals surface area contributed by atoms with Crippen LogP contribution in [0.1, 0.15) is 25.0 Å². The van der Waals surface area contributed by atoms with E-state index in [0.29, 0.717) is 5.56 Å². The Hall–Kier alpha value is -1.39. The van der Waals surface area contributed by atoms with Gasteiger partial charge in [0.2, 0.25) is 10.0 Å². The molecule has 0 fully saturated rings. The van der Waals surface area contributed by atoms with Gasteiger partial charge in [0.15, 0.2) is 0 Å². The van der Waals surface area contributed by atoms with Crippen LogP contribution in [0.2, 0.25) is 0 Å². The van der Waals surface area contributed by atoms with Gasteiger partial charge in [0.05, 0.1) is 23.6 Å². The molecule has 5 nitrogen and oxygen atoms in total. The van der Waals surface area contributed by atoms with Gasteiger partial charge >= 0.3 is 0 Å². The topological polar surface area (TPSA) is 81.4 Å². The summed E-state index contributed by atoms with van der Waals surface area (Å²) in [6, 6.07) is 5.03. The summed E-state index contributed by atoms with van der Waals surface area (Å²) in [7, 11) is -2.16. The second kappa shape index (κ2) is 7.05. The number of methoxy groups -OCH3 is 1. The smallest absolute Gasteiger partial charge is 0.242 e. The normalized spacial score (nSPS) is 11.9. The summed E-state index contributed by atoms with van der Waals surface area (Å²) in [6.07, 6.45) is 0. The SMILES string of the molecule is COCC(C)(C)NS(=O)(=O)c1ccc(C)cc1C#CCN. The fourth-order valence-electron chi connectivity index (χ4n) is 1.93. The molecule has 6 heteroatoms. The highest BCUT2D eigenvalue weighted by Crippen LogP contribution is 2.19. The van der Waals surface area contributed by atoms with Crippen LogP contribution in [0.5, 0.6) is 0 Å². The Kier molecular flexibility index (Phi) is 5.93. The lowest BCUT2D eigenvalue weighted by Gasteiger charge is -2.25. The molecule has 0 heterocycles. The minimum Gasteiger partial charge on any atom is -0.383 e. The van der Waals surface area contributed by atoms with Crippen molar-refractivity contribution in [2.75, 3.05) is 20.3 Å². The number of nitrogens with two attached hydrogens (primary N) is 1. The van der Waals surface area contributed by atoms with E-state index in [1.807, 2.05) is 6.92 Å². The number of nitrogens with one attached hydrogen (secondary N) is 1. The Morgan fingerprint density at radius 1 is 1.38 bits per heavy atom. The highest BCUT2D eigenvalue weighted by Gasteiger charge is 2.27. The predicted octanol–water partition coefficient (Wildman–Crippen LogP) is 1.01. The third kappa shape index (κ3) is 5.14. The van der Waals surface area contributed by atoms with E-state index < -0.39 is 15.6 Å². The lowest BCUT2D eigenvalue weighted by atomic mass is 10.1. The molecule has 0 spiro atoms. The molecule has 0 bridgehead atoms. The molecule has 0 aliphatic carbocycles. The average molecular weight is 310 g/mol. The molecular formula is C15H22N2O3S. The fraction of sp³-hybridized carbons (Fsp3) is 0.467. The predicted molar refractivity (Wildman–Crippen MR) is 83.4 cm³/mol. The average Bonchev–Trinajstić information content (AvgIpc) is 2.34. The molecule has 0 atom stereocenters. The Balaban J connectivity index is 3.25. The zero-order chi connectivity index (χ0) is 16.1. The van der Waals surface area contributed by atoms with Crippen molar-refractivity contribution >= 4 is 10.0 Å². The first-order valence-electron chi connectivity index (χ1n) is 6.54. The van der Waals surface area contributed by atoms with Gasteiger partial charge in [-0.05, 0) is 38.5 Å². The van der Waals surface area contributed by atoms with E-state index in [1.165, 1.54) is 7.11 Å². The van der Waals surface area contributed by atoms with Crippen LogP contribution in [-0.4, -0.2) is 34.2 Å². The second-order valence-electron chi connectivity index (χ2n) is 5.43. The lowest BCUT2D eigenvalue weighted by Crippen LogP contribution is -2.46. The van der Waals surface area contributed by atoms with E-state index in [9.17, 15) is 8.42 Å². The maximum Gasteiger partial charge on any atom is 0.242 e. The van der Waals surface area contributed by atoms with E-state index in [0.717, 1.165) is 5.56 Å². The zero-order valence-electron chi connectivity index (χ0n) is 12.9. The molecule has 0 amide bonds. The van der Waals surface area contributed by atoms with Crippen LogP contribution in [0.3, 0.4) is 0 Å². The minimum absolute atomic E-state index is 0.151. The molecule has 0 radical (unpaired) electrons. The molecule has 116 valence electrons. The monoisotopic (exact) mass is 310 g/mol. The number of hydrogen-bond acceptors (Lipinski definition) is 4. The van der Waals surface area contributed by atoms with Gasteiger partial charge in [-0.2, -0.15) is 0 Å². The maximum absolute atomic E-state index is 12.6. The summed E-state index contributed by atoms with van der Waals surface area (Å²) in [6.45, 7) is 5.84. The lowest BCUT2D eigenvalue weighted by molar-refractivity contribution is 0.141. The van der Waals surface area contributed by atoms with Crippen molar-refractivity contribution in [2.24, 2.45) is 5.73 Å². The van der Waals surface area contributed by atoms with Gasteiger partial charge in [0.1, 0.15) is 0 Å². The van der Waals surface area contributed by atoms with Crippen LogP contribution in [0.25, 0.3) is 0 Å². The van der Waals surface area contributed by atoms with E-state index in [1.54, 1.807) is 32.0 Å². The molecule has 1 rings (SSSR count). The number of sulfonamides is 1. The Morgan fingerprint density at radius 3 is 2.62 bits per heavy atom. The summed E-state index contributed by atoms with van der Waals surface area (Å²) in [5, 5.41) is 0. The molecular weight excluding hydrogens is 288 g/mol. The van der Waals surface area contributed by atoms with Crippen LogP contribution in [0.15, 0.2) is 23.1 Å². The molecule has 21 heavy (non-hydrogen) atoms. The van der Waals surface area contributed by atoms with E-state index in [2.05, 4.69) is 16.6 Å². The molecule has 0 aliphatic heterocycles. The van der Waals surface area contributed by atoms with Crippen molar-refractivity contribution in [3.8, 4) is 11.8 Å². The van der Waals surface area contributed by atoms with Crippen molar-refractivity contribution < 1.29 is 13.2 Å². The molecule has 0 aromatic heterocycles. The Bertz CT molecular complexity index is 655. The van der Waals surface area contributed by atoms with Gasteiger partial charge in [-0.15, -0.1) is 0 Å². The first-order valence-corrected chi connectivity index (χ1v) is 8.03. The van der Waals surface area contributed by atoms with Crippen molar-refractivity contribution in [3.63, 3.8) is 0 Å². The third-order valence-corrected chi connectivity index (χ3v) is 4.42. The fourth-order valence-corrected chi connectivity index (χ4v) is 3.47. The van der Waals surface area contributed by atoms with Gasteiger partial charge in [-0.3, -0.25) is 0 Å².